The molecule has 0 radical (unpaired) electrons. The van der Waals surface area contributed by atoms with Crippen LogP contribution >= 0.6 is 0 Å². The van der Waals surface area contributed by atoms with Gasteiger partial charge in [0, 0.05) is 11.8 Å². The van der Waals surface area contributed by atoms with Crippen LogP contribution in [0.3, 0.4) is 0 Å². The molecule has 0 aromatic heterocycles. The van der Waals surface area contributed by atoms with Crippen molar-refractivity contribution in [2.75, 3.05) is 19.5 Å². The second kappa shape index (κ2) is 7.25. The Labute approximate surface area is 142 Å². The smallest absolute Gasteiger partial charge is 0.319 e. The molecule has 126 valence electrons. The van der Waals surface area contributed by atoms with Crippen LogP contribution in [0.2, 0.25) is 0 Å². The first-order valence-corrected chi connectivity index (χ1v) is 8.05. The van der Waals surface area contributed by atoms with E-state index in [1.807, 2.05) is 42.5 Å². The fraction of sp³-hybridized carbons (Fsp3) is 0.316. The van der Waals surface area contributed by atoms with Crippen molar-refractivity contribution in [2.24, 2.45) is 5.92 Å². The lowest BCUT2D eigenvalue weighted by atomic mass is 10.0. The van der Waals surface area contributed by atoms with Gasteiger partial charge in [-0.2, -0.15) is 0 Å². The molecule has 1 unspecified atom stereocenters. The molecule has 5 heteroatoms. The van der Waals surface area contributed by atoms with E-state index in [9.17, 15) is 4.79 Å². The number of amides is 2. The van der Waals surface area contributed by atoms with Crippen molar-refractivity contribution in [1.82, 2.24) is 5.32 Å². The number of benzene rings is 2. The van der Waals surface area contributed by atoms with E-state index in [2.05, 4.69) is 10.6 Å². The number of rotatable bonds is 6. The van der Waals surface area contributed by atoms with Gasteiger partial charge < -0.3 is 20.1 Å². The SMILES string of the molecule is COc1ccc(C(NC(=O)Nc2cccc(OC)c2)C2CC2)cc1. The summed E-state index contributed by atoms with van der Waals surface area (Å²) in [6, 6.07) is 15.0. The van der Waals surface area contributed by atoms with Crippen LogP contribution in [-0.4, -0.2) is 20.3 Å². The minimum Gasteiger partial charge on any atom is -0.497 e. The summed E-state index contributed by atoms with van der Waals surface area (Å²) in [4.78, 5) is 12.4. The average Bonchev–Trinajstić information content (AvgIpc) is 3.45. The topological polar surface area (TPSA) is 59.6 Å². The summed E-state index contributed by atoms with van der Waals surface area (Å²) >= 11 is 0. The summed E-state index contributed by atoms with van der Waals surface area (Å²) in [5.74, 6) is 2.02. The van der Waals surface area contributed by atoms with Crippen molar-refractivity contribution in [3.05, 3.63) is 54.1 Å². The maximum absolute atomic E-state index is 12.4. The predicted octanol–water partition coefficient (Wildman–Crippen LogP) is 3.98. The molecular formula is C19H22N2O3. The molecule has 0 spiro atoms. The van der Waals surface area contributed by atoms with Gasteiger partial charge in [-0.15, -0.1) is 0 Å². The fourth-order valence-electron chi connectivity index (χ4n) is 2.72. The Morgan fingerprint density at radius 3 is 2.38 bits per heavy atom. The van der Waals surface area contributed by atoms with Gasteiger partial charge in [0.25, 0.3) is 0 Å². The number of nitrogens with one attached hydrogen (secondary N) is 2. The van der Waals surface area contributed by atoms with Crippen molar-refractivity contribution in [2.45, 2.75) is 18.9 Å². The number of hydrogen-bond acceptors (Lipinski definition) is 3. The van der Waals surface area contributed by atoms with Crippen molar-refractivity contribution < 1.29 is 14.3 Å². The molecule has 24 heavy (non-hydrogen) atoms. The van der Waals surface area contributed by atoms with Gasteiger partial charge in [0.2, 0.25) is 0 Å². The highest BCUT2D eigenvalue weighted by Gasteiger charge is 2.33. The molecule has 2 aromatic rings. The lowest BCUT2D eigenvalue weighted by Gasteiger charge is -2.19. The minimum atomic E-state index is -0.212. The van der Waals surface area contributed by atoms with Gasteiger partial charge >= 0.3 is 6.03 Å². The first kappa shape index (κ1) is 16.2. The van der Waals surface area contributed by atoms with E-state index in [4.69, 9.17) is 9.47 Å². The standard InChI is InChI=1S/C19H22N2O3/c1-23-16-10-8-14(9-11-16)18(13-6-7-13)21-19(22)20-15-4-3-5-17(12-15)24-2/h3-5,8-13,18H,6-7H2,1-2H3,(H2,20,21,22). The summed E-state index contributed by atoms with van der Waals surface area (Å²) in [5, 5.41) is 5.95. The predicted molar refractivity (Wildman–Crippen MR) is 93.6 cm³/mol. The largest absolute Gasteiger partial charge is 0.497 e. The zero-order chi connectivity index (χ0) is 16.9. The maximum Gasteiger partial charge on any atom is 0.319 e. The minimum absolute atomic E-state index is 0.0153. The van der Waals surface area contributed by atoms with Crippen molar-refractivity contribution in [1.29, 1.82) is 0 Å². The number of anilines is 1. The van der Waals surface area contributed by atoms with Gasteiger partial charge in [-0.3, -0.25) is 0 Å². The first-order valence-electron chi connectivity index (χ1n) is 8.05. The highest BCUT2D eigenvalue weighted by molar-refractivity contribution is 5.89. The van der Waals surface area contributed by atoms with E-state index in [-0.39, 0.29) is 12.1 Å². The zero-order valence-corrected chi connectivity index (χ0v) is 13.9. The van der Waals surface area contributed by atoms with Crippen LogP contribution in [0.25, 0.3) is 0 Å². The fourth-order valence-corrected chi connectivity index (χ4v) is 2.72. The Balaban J connectivity index is 1.67. The molecule has 3 rings (SSSR count). The monoisotopic (exact) mass is 326 g/mol. The molecule has 2 aromatic carbocycles. The van der Waals surface area contributed by atoms with E-state index in [1.54, 1.807) is 20.3 Å². The molecule has 2 amide bonds. The Morgan fingerprint density at radius 2 is 1.75 bits per heavy atom. The molecule has 1 saturated carbocycles. The Kier molecular flexibility index (Phi) is 4.89. The van der Waals surface area contributed by atoms with Crippen molar-refractivity contribution in [3.8, 4) is 11.5 Å². The summed E-state index contributed by atoms with van der Waals surface area (Å²) in [6.45, 7) is 0. The van der Waals surface area contributed by atoms with Crippen LogP contribution in [0, 0.1) is 5.92 Å². The number of hydrogen-bond donors (Lipinski definition) is 2. The molecule has 0 bridgehead atoms. The number of urea groups is 1. The molecule has 0 saturated heterocycles. The second-order valence-electron chi connectivity index (χ2n) is 5.92. The molecule has 0 aliphatic heterocycles. The molecule has 1 atom stereocenters. The van der Waals surface area contributed by atoms with Crippen LogP contribution in [-0.2, 0) is 0 Å². The third kappa shape index (κ3) is 3.98. The first-order chi connectivity index (χ1) is 11.7. The number of ether oxygens (including phenoxy) is 2. The average molecular weight is 326 g/mol. The van der Waals surface area contributed by atoms with Crippen LogP contribution in [0.4, 0.5) is 10.5 Å². The highest BCUT2D eigenvalue weighted by Crippen LogP contribution is 2.41. The zero-order valence-electron chi connectivity index (χ0n) is 13.9. The van der Waals surface area contributed by atoms with Crippen LogP contribution < -0.4 is 20.1 Å². The van der Waals surface area contributed by atoms with E-state index in [0.29, 0.717) is 17.4 Å². The highest BCUT2D eigenvalue weighted by atomic mass is 16.5. The van der Waals surface area contributed by atoms with Gasteiger partial charge in [-0.25, -0.2) is 4.79 Å². The van der Waals surface area contributed by atoms with Crippen LogP contribution in [0.15, 0.2) is 48.5 Å². The van der Waals surface area contributed by atoms with Gasteiger partial charge in [0.05, 0.1) is 20.3 Å². The molecule has 5 nitrogen and oxygen atoms in total. The Hall–Kier alpha value is -2.69. The summed E-state index contributed by atoms with van der Waals surface area (Å²) in [5.41, 5.74) is 1.80. The molecule has 1 aliphatic rings. The number of carbonyl (C=O) groups excluding carboxylic acids is 1. The second-order valence-corrected chi connectivity index (χ2v) is 5.92. The third-order valence-electron chi connectivity index (χ3n) is 4.18. The molecule has 0 heterocycles. The van der Waals surface area contributed by atoms with E-state index >= 15 is 0 Å². The molecular weight excluding hydrogens is 304 g/mol. The van der Waals surface area contributed by atoms with Gasteiger partial charge in [-0.1, -0.05) is 18.2 Å². The van der Waals surface area contributed by atoms with E-state index in [1.165, 1.54) is 0 Å². The Morgan fingerprint density at radius 1 is 1.04 bits per heavy atom. The Bertz CT molecular complexity index is 696. The number of carbonyl (C=O) groups is 1. The molecule has 1 aliphatic carbocycles. The van der Waals surface area contributed by atoms with Crippen molar-refractivity contribution in [3.63, 3.8) is 0 Å². The molecule has 2 N–H and O–H groups in total. The third-order valence-corrected chi connectivity index (χ3v) is 4.18. The summed E-state index contributed by atoms with van der Waals surface area (Å²) in [6.07, 6.45) is 2.27. The van der Waals surface area contributed by atoms with E-state index < -0.39 is 0 Å². The van der Waals surface area contributed by atoms with Gasteiger partial charge in [0.15, 0.2) is 0 Å². The normalized spacial score (nSPS) is 14.6. The molecule has 1 fully saturated rings. The van der Waals surface area contributed by atoms with Gasteiger partial charge in [0.1, 0.15) is 11.5 Å². The lowest BCUT2D eigenvalue weighted by Crippen LogP contribution is -2.33. The number of methoxy groups -OCH3 is 2. The van der Waals surface area contributed by atoms with E-state index in [0.717, 1.165) is 24.2 Å². The lowest BCUT2D eigenvalue weighted by molar-refractivity contribution is 0.247. The van der Waals surface area contributed by atoms with Gasteiger partial charge in [-0.05, 0) is 48.6 Å². The summed E-state index contributed by atoms with van der Waals surface area (Å²) in [7, 11) is 3.25. The maximum atomic E-state index is 12.4. The van der Waals surface area contributed by atoms with Crippen molar-refractivity contribution >= 4 is 11.7 Å². The summed E-state index contributed by atoms with van der Waals surface area (Å²) < 4.78 is 10.4. The van der Waals surface area contributed by atoms with Crippen LogP contribution in [0.5, 0.6) is 11.5 Å². The van der Waals surface area contributed by atoms with Crippen LogP contribution in [0.1, 0.15) is 24.4 Å². The quantitative estimate of drug-likeness (QED) is 0.844.